The van der Waals surface area contributed by atoms with Crippen LogP contribution < -0.4 is 16.4 Å². The molecule has 2 aliphatic rings. The van der Waals surface area contributed by atoms with Crippen LogP contribution in [0.1, 0.15) is 63.8 Å². The lowest BCUT2D eigenvalue weighted by molar-refractivity contribution is 0.292. The molecule has 0 aromatic carbocycles. The number of hydrogen-bond acceptors (Lipinski definition) is 7. The van der Waals surface area contributed by atoms with E-state index in [1.165, 1.54) is 25.7 Å². The number of fused-ring (bicyclic) bond motifs is 1. The molecule has 4 rings (SSSR count). The molecule has 0 spiro atoms. The van der Waals surface area contributed by atoms with Crippen LogP contribution in [0.5, 0.6) is 0 Å². The van der Waals surface area contributed by atoms with Crippen LogP contribution in [0.15, 0.2) is 6.33 Å². The number of nitrogens with two attached hydrogens (primary N) is 1. The molecule has 29 heavy (non-hydrogen) atoms. The number of imidazole rings is 1. The van der Waals surface area contributed by atoms with E-state index in [2.05, 4.69) is 20.2 Å². The van der Waals surface area contributed by atoms with Crippen LogP contribution in [-0.2, 0) is 0 Å². The first-order valence-corrected chi connectivity index (χ1v) is 10.4. The van der Waals surface area contributed by atoms with Crippen LogP contribution >= 0.6 is 24.8 Å². The Morgan fingerprint density at radius 3 is 2.48 bits per heavy atom. The third-order valence-corrected chi connectivity index (χ3v) is 5.87. The fourth-order valence-corrected chi connectivity index (χ4v) is 4.29. The maximum absolute atomic E-state index is 9.08. The Kier molecular flexibility index (Phi) is 9.20. The van der Waals surface area contributed by atoms with Crippen molar-refractivity contribution in [2.24, 2.45) is 5.73 Å². The van der Waals surface area contributed by atoms with Crippen LogP contribution in [0.25, 0.3) is 11.2 Å². The molecular formula is C19H33Cl2N7O. The molecule has 0 unspecified atom stereocenters. The Morgan fingerprint density at radius 2 is 1.79 bits per heavy atom. The molecule has 164 valence electrons. The fourth-order valence-electron chi connectivity index (χ4n) is 4.29. The van der Waals surface area contributed by atoms with Crippen molar-refractivity contribution in [1.82, 2.24) is 19.5 Å². The summed E-state index contributed by atoms with van der Waals surface area (Å²) in [6.07, 6.45) is 11.7. The van der Waals surface area contributed by atoms with E-state index in [0.29, 0.717) is 37.0 Å². The normalized spacial score (nSPS) is 22.1. The molecule has 2 heterocycles. The lowest BCUT2D eigenvalue weighted by Gasteiger charge is -2.27. The molecule has 10 heteroatoms. The van der Waals surface area contributed by atoms with Gasteiger partial charge in [0.15, 0.2) is 17.0 Å². The minimum absolute atomic E-state index is 0. The standard InChI is InChI=1S/C19H31N7O.2ClH/c20-13-6-8-14(9-7-13)23-19-24-17(21-10-3-11-27)16-18(25-19)26(12-22-16)15-4-1-2-5-15;;/h12-15,27H,1-11,20H2,(H2,21,23,24,25);2*1H/t13-,14-;;. The van der Waals surface area contributed by atoms with Crippen LogP contribution in [0, 0.1) is 0 Å². The molecule has 0 atom stereocenters. The number of hydrogen-bond donors (Lipinski definition) is 4. The van der Waals surface area contributed by atoms with Crippen molar-refractivity contribution in [3.63, 3.8) is 0 Å². The van der Waals surface area contributed by atoms with E-state index in [4.69, 9.17) is 20.8 Å². The first-order chi connectivity index (χ1) is 13.2. The minimum Gasteiger partial charge on any atom is -0.396 e. The zero-order valence-electron chi connectivity index (χ0n) is 16.7. The third kappa shape index (κ3) is 5.63. The first kappa shape index (κ1) is 23.9. The summed E-state index contributed by atoms with van der Waals surface area (Å²) in [4.78, 5) is 14.2. The van der Waals surface area contributed by atoms with Gasteiger partial charge in [-0.15, -0.1) is 24.8 Å². The second-order valence-corrected chi connectivity index (χ2v) is 7.92. The van der Waals surface area contributed by atoms with Gasteiger partial charge < -0.3 is 26.0 Å². The lowest BCUT2D eigenvalue weighted by atomic mass is 9.92. The van der Waals surface area contributed by atoms with Crippen molar-refractivity contribution in [3.8, 4) is 0 Å². The van der Waals surface area contributed by atoms with Crippen molar-refractivity contribution in [2.75, 3.05) is 23.8 Å². The van der Waals surface area contributed by atoms with E-state index < -0.39 is 0 Å². The predicted octanol–water partition coefficient (Wildman–Crippen LogP) is 3.26. The Labute approximate surface area is 184 Å². The largest absolute Gasteiger partial charge is 0.396 e. The number of rotatable bonds is 7. The van der Waals surface area contributed by atoms with Gasteiger partial charge in [0.25, 0.3) is 0 Å². The molecule has 2 aromatic heterocycles. The summed E-state index contributed by atoms with van der Waals surface area (Å²) in [5.74, 6) is 1.41. The van der Waals surface area contributed by atoms with Crippen LogP contribution in [0.4, 0.5) is 11.8 Å². The predicted molar refractivity (Wildman–Crippen MR) is 121 cm³/mol. The molecule has 0 aliphatic heterocycles. The van der Waals surface area contributed by atoms with Crippen LogP contribution in [-0.4, -0.2) is 49.9 Å². The molecule has 0 saturated heterocycles. The summed E-state index contributed by atoms with van der Waals surface area (Å²) >= 11 is 0. The van der Waals surface area contributed by atoms with Crippen LogP contribution in [0.2, 0.25) is 0 Å². The van der Waals surface area contributed by atoms with Crippen LogP contribution in [0.3, 0.4) is 0 Å². The number of aliphatic hydroxyl groups is 1. The molecule has 0 bridgehead atoms. The van der Waals surface area contributed by atoms with E-state index in [0.717, 1.165) is 42.7 Å². The highest BCUT2D eigenvalue weighted by Crippen LogP contribution is 2.33. The van der Waals surface area contributed by atoms with E-state index in [9.17, 15) is 0 Å². The number of halogens is 2. The van der Waals surface area contributed by atoms with Gasteiger partial charge in [-0.1, -0.05) is 12.8 Å². The maximum atomic E-state index is 9.08. The fraction of sp³-hybridized carbons (Fsp3) is 0.737. The highest BCUT2D eigenvalue weighted by atomic mass is 35.5. The van der Waals surface area contributed by atoms with Gasteiger partial charge in [0.1, 0.15) is 0 Å². The summed E-state index contributed by atoms with van der Waals surface area (Å²) in [5.41, 5.74) is 7.75. The smallest absolute Gasteiger partial charge is 0.227 e. The van der Waals surface area contributed by atoms with Gasteiger partial charge in [0, 0.05) is 31.3 Å². The quantitative estimate of drug-likeness (QED) is 0.483. The third-order valence-electron chi connectivity index (χ3n) is 5.87. The minimum atomic E-state index is 0. The molecule has 8 nitrogen and oxygen atoms in total. The molecule has 5 N–H and O–H groups in total. The van der Waals surface area contributed by atoms with Gasteiger partial charge in [0.2, 0.25) is 5.95 Å². The van der Waals surface area contributed by atoms with Crippen molar-refractivity contribution in [3.05, 3.63) is 6.33 Å². The lowest BCUT2D eigenvalue weighted by Crippen LogP contribution is -2.33. The average Bonchev–Trinajstić information content (AvgIpc) is 3.33. The summed E-state index contributed by atoms with van der Waals surface area (Å²) in [6, 6.07) is 1.18. The topological polar surface area (TPSA) is 114 Å². The van der Waals surface area contributed by atoms with Gasteiger partial charge in [-0.05, 0) is 44.9 Å². The highest BCUT2D eigenvalue weighted by Gasteiger charge is 2.23. The Hall–Kier alpha value is -1.35. The summed E-state index contributed by atoms with van der Waals surface area (Å²) in [5, 5.41) is 15.9. The van der Waals surface area contributed by atoms with Crippen molar-refractivity contribution >= 4 is 47.7 Å². The summed E-state index contributed by atoms with van der Waals surface area (Å²) in [7, 11) is 0. The molecule has 2 aliphatic carbocycles. The zero-order valence-corrected chi connectivity index (χ0v) is 18.4. The van der Waals surface area contributed by atoms with Crippen molar-refractivity contribution < 1.29 is 5.11 Å². The highest BCUT2D eigenvalue weighted by molar-refractivity contribution is 5.86. The summed E-state index contributed by atoms with van der Waals surface area (Å²) < 4.78 is 2.23. The van der Waals surface area contributed by atoms with Gasteiger partial charge in [-0.2, -0.15) is 9.97 Å². The molecule has 2 saturated carbocycles. The number of anilines is 2. The average molecular weight is 446 g/mol. The maximum Gasteiger partial charge on any atom is 0.227 e. The van der Waals surface area contributed by atoms with Crippen molar-refractivity contribution in [2.45, 2.75) is 75.9 Å². The molecule has 2 aromatic rings. The zero-order chi connectivity index (χ0) is 18.6. The number of nitrogens with one attached hydrogen (secondary N) is 2. The second-order valence-electron chi connectivity index (χ2n) is 7.92. The molecule has 2 fully saturated rings. The Bertz CT molecular complexity index is 758. The second kappa shape index (κ2) is 11.2. The van der Waals surface area contributed by atoms with Crippen molar-refractivity contribution in [1.29, 1.82) is 0 Å². The van der Waals surface area contributed by atoms with E-state index in [1.807, 2.05) is 6.33 Å². The SMILES string of the molecule is Cl.Cl.N[C@H]1CC[C@H](Nc2nc(NCCCO)c3ncn(C4CCCC4)c3n2)CC1. The molecule has 0 amide bonds. The summed E-state index contributed by atoms with van der Waals surface area (Å²) in [6.45, 7) is 0.821. The Balaban J connectivity index is 0.00000150. The van der Waals surface area contributed by atoms with Gasteiger partial charge in [0.05, 0.1) is 6.33 Å². The monoisotopic (exact) mass is 445 g/mol. The van der Waals surface area contributed by atoms with E-state index in [-0.39, 0.29) is 31.4 Å². The Morgan fingerprint density at radius 1 is 1.07 bits per heavy atom. The first-order valence-electron chi connectivity index (χ1n) is 10.4. The number of nitrogens with zero attached hydrogens (tertiary/aromatic N) is 4. The van der Waals surface area contributed by atoms with E-state index >= 15 is 0 Å². The number of aliphatic hydroxyl groups excluding tert-OH is 1. The van der Waals surface area contributed by atoms with E-state index in [1.54, 1.807) is 0 Å². The van der Waals surface area contributed by atoms with Gasteiger partial charge in [-0.3, -0.25) is 0 Å². The van der Waals surface area contributed by atoms with Gasteiger partial charge in [-0.25, -0.2) is 4.98 Å². The van der Waals surface area contributed by atoms with Gasteiger partial charge >= 0.3 is 0 Å². The number of aromatic nitrogens is 4. The molecular weight excluding hydrogens is 413 g/mol. The molecule has 0 radical (unpaired) electrons.